The molecule has 0 N–H and O–H groups in total. The van der Waals surface area contributed by atoms with Crippen LogP contribution >= 0.6 is 0 Å². The highest BCUT2D eigenvalue weighted by atomic mass is 19.1. The van der Waals surface area contributed by atoms with Crippen LogP contribution in [0.25, 0.3) is 5.53 Å². The van der Waals surface area contributed by atoms with E-state index in [0.717, 1.165) is 19.1 Å². The zero-order chi connectivity index (χ0) is 11.4. The molecule has 0 aliphatic carbocycles. The van der Waals surface area contributed by atoms with Crippen molar-refractivity contribution in [3.8, 4) is 0 Å². The third-order valence-electron chi connectivity index (χ3n) is 1.75. The molecular formula is C10H7FN2O2. The Balaban J connectivity index is 3.10. The lowest BCUT2D eigenvalue weighted by Crippen LogP contribution is -2.23. The van der Waals surface area contributed by atoms with Crippen LogP contribution in [-0.4, -0.2) is 22.1 Å². The fourth-order valence-corrected chi connectivity index (χ4v) is 1.01. The normalized spacial score (nSPS) is 9.20. The molecule has 0 aliphatic heterocycles. The molecule has 0 heterocycles. The first kappa shape index (κ1) is 10.9. The van der Waals surface area contributed by atoms with Crippen molar-refractivity contribution >= 4 is 17.3 Å². The molecule has 0 aliphatic rings. The van der Waals surface area contributed by atoms with Crippen LogP contribution in [0.2, 0.25) is 0 Å². The lowest BCUT2D eigenvalue weighted by Gasteiger charge is -1.94. The van der Waals surface area contributed by atoms with E-state index in [0.29, 0.717) is 0 Å². The number of hydrogen-bond donors (Lipinski definition) is 0. The number of Topliss-reactive ketones (excluding diaryl/α,β-unsaturated/α-hetero) is 2. The first-order chi connectivity index (χ1) is 7.06. The quantitative estimate of drug-likeness (QED) is 0.245. The minimum atomic E-state index is -0.731. The number of halogens is 1. The van der Waals surface area contributed by atoms with Crippen LogP contribution in [0.4, 0.5) is 4.39 Å². The third-order valence-corrected chi connectivity index (χ3v) is 1.75. The zero-order valence-corrected chi connectivity index (χ0v) is 7.90. The summed E-state index contributed by atoms with van der Waals surface area (Å²) in [6, 6.07) is 4.60. The summed E-state index contributed by atoms with van der Waals surface area (Å²) in [6.07, 6.45) is 0. The molecule has 0 unspecified atom stereocenters. The molecule has 0 atom stereocenters. The van der Waals surface area contributed by atoms with Gasteiger partial charge in [-0.2, -0.15) is 4.79 Å². The van der Waals surface area contributed by atoms with Crippen LogP contribution in [0.1, 0.15) is 17.3 Å². The van der Waals surface area contributed by atoms with E-state index in [1.165, 1.54) is 12.1 Å². The Bertz CT molecular complexity index is 459. The summed E-state index contributed by atoms with van der Waals surface area (Å²) in [5.74, 6) is -1.87. The third kappa shape index (κ3) is 2.42. The van der Waals surface area contributed by atoms with Gasteiger partial charge in [0.25, 0.3) is 5.78 Å². The topological polar surface area (TPSA) is 70.5 Å². The van der Waals surface area contributed by atoms with E-state index in [2.05, 4.69) is 4.79 Å². The van der Waals surface area contributed by atoms with Gasteiger partial charge in [0.1, 0.15) is 5.82 Å². The van der Waals surface area contributed by atoms with Gasteiger partial charge < -0.3 is 5.53 Å². The summed E-state index contributed by atoms with van der Waals surface area (Å²) in [7, 11) is 0. The Hall–Kier alpha value is -2.13. The molecule has 76 valence electrons. The SMILES string of the molecule is CC(=O)C(=[N+]=[N-])C(=O)c1ccc(F)cc1. The minimum absolute atomic E-state index is 0.0967. The summed E-state index contributed by atoms with van der Waals surface area (Å²) in [5, 5.41) is 0. The van der Waals surface area contributed by atoms with Gasteiger partial charge in [-0.15, -0.1) is 0 Å². The van der Waals surface area contributed by atoms with Gasteiger partial charge in [0, 0.05) is 12.5 Å². The predicted molar refractivity (Wildman–Crippen MR) is 50.0 cm³/mol. The first-order valence-corrected chi connectivity index (χ1v) is 4.09. The van der Waals surface area contributed by atoms with E-state index in [1.54, 1.807) is 0 Å². The van der Waals surface area contributed by atoms with E-state index in [4.69, 9.17) is 5.53 Å². The molecule has 0 bridgehead atoms. The molecule has 0 spiro atoms. The van der Waals surface area contributed by atoms with E-state index in [-0.39, 0.29) is 5.56 Å². The monoisotopic (exact) mass is 206 g/mol. The lowest BCUT2D eigenvalue weighted by molar-refractivity contribution is -0.115. The summed E-state index contributed by atoms with van der Waals surface area (Å²) >= 11 is 0. The molecule has 0 aromatic heterocycles. The molecule has 0 saturated heterocycles. The van der Waals surface area contributed by atoms with Gasteiger partial charge in [0.2, 0.25) is 5.78 Å². The van der Waals surface area contributed by atoms with Crippen molar-refractivity contribution in [2.24, 2.45) is 0 Å². The van der Waals surface area contributed by atoms with Gasteiger partial charge >= 0.3 is 5.71 Å². The molecule has 1 rings (SSSR count). The Labute approximate surface area is 85.0 Å². The molecule has 1 aromatic rings. The second-order valence-electron chi connectivity index (χ2n) is 2.84. The van der Waals surface area contributed by atoms with Gasteiger partial charge in [0.05, 0.1) is 0 Å². The fourth-order valence-electron chi connectivity index (χ4n) is 1.01. The lowest BCUT2D eigenvalue weighted by atomic mass is 10.0. The van der Waals surface area contributed by atoms with E-state index in [1.807, 2.05) is 0 Å². The number of carbonyl (C=O) groups is 2. The van der Waals surface area contributed by atoms with E-state index in [9.17, 15) is 14.0 Å². The highest BCUT2D eigenvalue weighted by molar-refractivity contribution is 6.66. The fraction of sp³-hybridized carbons (Fsp3) is 0.100. The van der Waals surface area contributed by atoms with Crippen LogP contribution in [0, 0.1) is 5.82 Å². The van der Waals surface area contributed by atoms with Crippen molar-refractivity contribution < 1.29 is 18.8 Å². The van der Waals surface area contributed by atoms with Gasteiger partial charge in [0.15, 0.2) is 0 Å². The van der Waals surface area contributed by atoms with Crippen LogP contribution < -0.4 is 0 Å². The predicted octanol–water partition coefficient (Wildman–Crippen LogP) is 1.27. The molecule has 0 saturated carbocycles. The van der Waals surface area contributed by atoms with Crippen molar-refractivity contribution in [3.05, 3.63) is 41.2 Å². The van der Waals surface area contributed by atoms with Crippen LogP contribution in [-0.2, 0) is 4.79 Å². The second-order valence-corrected chi connectivity index (χ2v) is 2.84. The number of benzene rings is 1. The molecule has 0 fully saturated rings. The molecule has 0 radical (unpaired) electrons. The van der Waals surface area contributed by atoms with Gasteiger partial charge in [-0.25, -0.2) is 4.39 Å². The maximum Gasteiger partial charge on any atom is 0.404 e. The van der Waals surface area contributed by atoms with Crippen LogP contribution in [0.5, 0.6) is 0 Å². The first-order valence-electron chi connectivity index (χ1n) is 4.09. The van der Waals surface area contributed by atoms with Gasteiger partial charge in [-0.3, -0.25) is 9.59 Å². The Kier molecular flexibility index (Phi) is 3.21. The molecule has 15 heavy (non-hydrogen) atoms. The standard InChI is InChI=1S/C10H7FN2O2/c1-6(14)9(13-12)10(15)7-2-4-8(11)5-3-7/h2-5H,1H3. The second kappa shape index (κ2) is 4.39. The van der Waals surface area contributed by atoms with Crippen molar-refractivity contribution in [1.82, 2.24) is 0 Å². The minimum Gasteiger partial charge on any atom is -0.360 e. The van der Waals surface area contributed by atoms with Crippen molar-refractivity contribution in [2.45, 2.75) is 6.92 Å². The summed E-state index contributed by atoms with van der Waals surface area (Å²) in [6.45, 7) is 1.11. The summed E-state index contributed by atoms with van der Waals surface area (Å²) < 4.78 is 12.5. The molecule has 5 heteroatoms. The Morgan fingerprint density at radius 1 is 1.27 bits per heavy atom. The number of nitrogens with zero attached hydrogens (tertiary/aromatic N) is 2. The molecular weight excluding hydrogens is 199 g/mol. The van der Waals surface area contributed by atoms with Gasteiger partial charge in [-0.1, -0.05) is 0 Å². The number of hydrogen-bond acceptors (Lipinski definition) is 2. The highest BCUT2D eigenvalue weighted by Crippen LogP contribution is 2.04. The smallest absolute Gasteiger partial charge is 0.360 e. The maximum atomic E-state index is 12.5. The molecule has 1 aromatic carbocycles. The molecule has 0 amide bonds. The van der Waals surface area contributed by atoms with Crippen LogP contribution in [0.3, 0.4) is 0 Å². The van der Waals surface area contributed by atoms with Crippen LogP contribution in [0.15, 0.2) is 24.3 Å². The maximum absolute atomic E-state index is 12.5. The van der Waals surface area contributed by atoms with Gasteiger partial charge in [-0.05, 0) is 24.3 Å². The molecule has 4 nitrogen and oxygen atoms in total. The van der Waals surface area contributed by atoms with Crippen molar-refractivity contribution in [2.75, 3.05) is 0 Å². The number of carbonyl (C=O) groups excluding carboxylic acids is 2. The summed E-state index contributed by atoms with van der Waals surface area (Å²) in [5.41, 5.74) is 7.98. The number of rotatable bonds is 3. The Morgan fingerprint density at radius 2 is 1.80 bits per heavy atom. The van der Waals surface area contributed by atoms with E-state index >= 15 is 0 Å². The highest BCUT2D eigenvalue weighted by Gasteiger charge is 2.26. The summed E-state index contributed by atoms with van der Waals surface area (Å²) in [4.78, 5) is 25.0. The number of ketones is 2. The zero-order valence-electron chi connectivity index (χ0n) is 7.90. The van der Waals surface area contributed by atoms with E-state index < -0.39 is 23.1 Å². The van der Waals surface area contributed by atoms with Crippen molar-refractivity contribution in [3.63, 3.8) is 0 Å². The van der Waals surface area contributed by atoms with Crippen molar-refractivity contribution in [1.29, 1.82) is 0 Å². The average molecular weight is 206 g/mol. The average Bonchev–Trinajstić information content (AvgIpc) is 2.19. The largest absolute Gasteiger partial charge is 0.404 e. The Morgan fingerprint density at radius 3 is 2.20 bits per heavy atom.